The van der Waals surface area contributed by atoms with Crippen molar-refractivity contribution < 1.29 is 13.5 Å². The van der Waals surface area contributed by atoms with Crippen molar-refractivity contribution in [1.29, 1.82) is 0 Å². The van der Waals surface area contributed by atoms with Gasteiger partial charge in [-0.2, -0.15) is 0 Å². The maximum atomic E-state index is 12.4. The summed E-state index contributed by atoms with van der Waals surface area (Å²) in [7, 11) is -3.70. The molecule has 0 bridgehead atoms. The van der Waals surface area contributed by atoms with Crippen molar-refractivity contribution in [2.45, 2.75) is 38.1 Å². The summed E-state index contributed by atoms with van der Waals surface area (Å²) in [6, 6.07) is 2.55. The summed E-state index contributed by atoms with van der Waals surface area (Å²) in [4.78, 5) is 0.114. The summed E-state index contributed by atoms with van der Waals surface area (Å²) in [6.45, 7) is 5.38. The average molecular weight is 321 g/mol. The minimum absolute atomic E-state index is 0.0712. The molecule has 1 rings (SSSR count). The molecule has 0 spiro atoms. The first-order chi connectivity index (χ1) is 9.19. The van der Waals surface area contributed by atoms with Gasteiger partial charge in [0.05, 0.1) is 15.6 Å². The zero-order valence-corrected chi connectivity index (χ0v) is 13.4. The van der Waals surface area contributed by atoms with Crippen molar-refractivity contribution in [2.75, 3.05) is 12.3 Å². The van der Waals surface area contributed by atoms with Crippen LogP contribution >= 0.6 is 11.6 Å². The highest BCUT2D eigenvalue weighted by atomic mass is 35.5. The van der Waals surface area contributed by atoms with Crippen LogP contribution in [0.1, 0.15) is 25.8 Å². The van der Waals surface area contributed by atoms with Gasteiger partial charge >= 0.3 is 0 Å². The van der Waals surface area contributed by atoms with E-state index in [0.29, 0.717) is 17.0 Å². The molecule has 0 aliphatic heterocycles. The maximum Gasteiger partial charge on any atom is 0.241 e. The van der Waals surface area contributed by atoms with Crippen LogP contribution in [0.3, 0.4) is 0 Å². The Balaban J connectivity index is 3.13. The molecular weight excluding hydrogens is 300 g/mol. The third kappa shape index (κ3) is 4.09. The largest absolute Gasteiger partial charge is 0.397 e. The van der Waals surface area contributed by atoms with Crippen LogP contribution in [0.25, 0.3) is 0 Å². The lowest BCUT2D eigenvalue weighted by molar-refractivity contribution is 0.256. The molecule has 0 heterocycles. The second-order valence-corrected chi connectivity index (χ2v) is 7.21. The first kappa shape index (κ1) is 17.2. The number of hydrogen-bond acceptors (Lipinski definition) is 4. The van der Waals surface area contributed by atoms with Gasteiger partial charge < -0.3 is 10.8 Å². The molecule has 0 aromatic heterocycles. The van der Waals surface area contributed by atoms with Gasteiger partial charge in [-0.25, -0.2) is 13.1 Å². The van der Waals surface area contributed by atoms with Gasteiger partial charge in [0.1, 0.15) is 0 Å². The number of benzene rings is 1. The van der Waals surface area contributed by atoms with E-state index in [1.54, 1.807) is 6.92 Å². The van der Waals surface area contributed by atoms with E-state index < -0.39 is 10.0 Å². The molecule has 1 atom stereocenters. The third-order valence-electron chi connectivity index (χ3n) is 3.14. The van der Waals surface area contributed by atoms with Gasteiger partial charge in [-0.15, -0.1) is 0 Å². The van der Waals surface area contributed by atoms with Crippen LogP contribution in [0.2, 0.25) is 5.02 Å². The van der Waals surface area contributed by atoms with Crippen LogP contribution in [0.5, 0.6) is 0 Å². The lowest BCUT2D eigenvalue weighted by atomic mass is 10.0. The zero-order valence-electron chi connectivity index (χ0n) is 11.9. The van der Waals surface area contributed by atoms with Crippen LogP contribution < -0.4 is 10.5 Å². The fourth-order valence-corrected chi connectivity index (χ4v) is 3.79. The fraction of sp³-hybridized carbons (Fsp3) is 0.538. The smallest absolute Gasteiger partial charge is 0.241 e. The van der Waals surface area contributed by atoms with E-state index in [1.807, 2.05) is 13.8 Å². The number of hydrogen-bond donors (Lipinski definition) is 3. The molecule has 20 heavy (non-hydrogen) atoms. The topological polar surface area (TPSA) is 92.4 Å². The van der Waals surface area contributed by atoms with Crippen molar-refractivity contribution in [2.24, 2.45) is 5.92 Å². The van der Waals surface area contributed by atoms with E-state index in [0.717, 1.165) is 0 Å². The van der Waals surface area contributed by atoms with Crippen LogP contribution in [0, 0.1) is 12.8 Å². The Morgan fingerprint density at radius 2 is 2.00 bits per heavy atom. The van der Waals surface area contributed by atoms with E-state index in [2.05, 4.69) is 4.72 Å². The molecule has 0 radical (unpaired) electrons. The number of nitrogens with two attached hydrogens (primary N) is 1. The van der Waals surface area contributed by atoms with Crippen LogP contribution in [-0.4, -0.2) is 26.2 Å². The molecule has 1 unspecified atom stereocenters. The second-order valence-electron chi connectivity index (χ2n) is 5.12. The summed E-state index contributed by atoms with van der Waals surface area (Å²) in [5.41, 5.74) is 6.43. The first-order valence-electron chi connectivity index (χ1n) is 6.38. The predicted molar refractivity (Wildman–Crippen MR) is 81.3 cm³/mol. The SMILES string of the molecule is Cc1cc(Cl)c(N)cc1S(=O)(=O)NC(CCO)C(C)C. The van der Waals surface area contributed by atoms with Gasteiger partial charge in [0.15, 0.2) is 0 Å². The minimum atomic E-state index is -3.70. The summed E-state index contributed by atoms with van der Waals surface area (Å²) < 4.78 is 27.4. The normalized spacial score (nSPS) is 13.7. The molecule has 0 saturated carbocycles. The highest BCUT2D eigenvalue weighted by Crippen LogP contribution is 2.26. The maximum absolute atomic E-state index is 12.4. The number of rotatable bonds is 6. The lowest BCUT2D eigenvalue weighted by Gasteiger charge is -2.22. The number of nitrogen functional groups attached to an aromatic ring is 1. The average Bonchev–Trinajstić information content (AvgIpc) is 2.32. The van der Waals surface area contributed by atoms with Crippen molar-refractivity contribution in [3.8, 4) is 0 Å². The Bertz CT molecular complexity index is 573. The number of halogens is 1. The van der Waals surface area contributed by atoms with E-state index in [4.69, 9.17) is 22.4 Å². The quantitative estimate of drug-likeness (QED) is 0.698. The Hall–Kier alpha value is -0.820. The van der Waals surface area contributed by atoms with Crippen molar-refractivity contribution in [3.05, 3.63) is 22.7 Å². The first-order valence-corrected chi connectivity index (χ1v) is 8.24. The molecule has 0 saturated heterocycles. The molecule has 0 aliphatic rings. The lowest BCUT2D eigenvalue weighted by Crippen LogP contribution is -2.39. The van der Waals surface area contributed by atoms with Crippen LogP contribution in [-0.2, 0) is 10.0 Å². The Labute approximate surface area is 125 Å². The molecule has 0 amide bonds. The van der Waals surface area contributed by atoms with Gasteiger partial charge in [-0.05, 0) is 37.0 Å². The van der Waals surface area contributed by atoms with Crippen molar-refractivity contribution in [3.63, 3.8) is 0 Å². The van der Waals surface area contributed by atoms with Gasteiger partial charge in [0.25, 0.3) is 0 Å². The third-order valence-corrected chi connectivity index (χ3v) is 5.09. The van der Waals surface area contributed by atoms with E-state index >= 15 is 0 Å². The number of aryl methyl sites for hydroxylation is 1. The van der Waals surface area contributed by atoms with Gasteiger partial charge in [-0.1, -0.05) is 25.4 Å². The molecule has 0 aliphatic carbocycles. The molecule has 1 aromatic rings. The second kappa shape index (κ2) is 6.76. The number of aliphatic hydroxyl groups is 1. The fourth-order valence-electron chi connectivity index (χ4n) is 1.89. The van der Waals surface area contributed by atoms with E-state index in [9.17, 15) is 8.42 Å². The Morgan fingerprint density at radius 1 is 1.40 bits per heavy atom. The number of nitrogens with one attached hydrogen (secondary N) is 1. The number of aliphatic hydroxyl groups excluding tert-OH is 1. The van der Waals surface area contributed by atoms with E-state index in [-0.39, 0.29) is 29.1 Å². The monoisotopic (exact) mass is 320 g/mol. The van der Waals surface area contributed by atoms with Gasteiger partial charge in [0, 0.05) is 12.6 Å². The molecule has 4 N–H and O–H groups in total. The molecular formula is C13H21ClN2O3S. The minimum Gasteiger partial charge on any atom is -0.397 e. The highest BCUT2D eigenvalue weighted by Gasteiger charge is 2.24. The highest BCUT2D eigenvalue weighted by molar-refractivity contribution is 7.89. The number of anilines is 1. The molecule has 5 nitrogen and oxygen atoms in total. The molecule has 1 aromatic carbocycles. The summed E-state index contributed by atoms with van der Waals surface area (Å²) in [5, 5.41) is 9.35. The van der Waals surface area contributed by atoms with Crippen LogP contribution in [0.15, 0.2) is 17.0 Å². The van der Waals surface area contributed by atoms with Gasteiger partial charge in [0.2, 0.25) is 10.0 Å². The van der Waals surface area contributed by atoms with Crippen molar-refractivity contribution in [1.82, 2.24) is 4.72 Å². The molecule has 114 valence electrons. The summed E-state index contributed by atoms with van der Waals surface area (Å²) in [5.74, 6) is 0.0712. The summed E-state index contributed by atoms with van der Waals surface area (Å²) >= 11 is 5.87. The van der Waals surface area contributed by atoms with E-state index in [1.165, 1.54) is 12.1 Å². The molecule has 7 heteroatoms. The number of sulfonamides is 1. The van der Waals surface area contributed by atoms with Gasteiger partial charge in [-0.3, -0.25) is 0 Å². The Kier molecular flexibility index (Phi) is 5.82. The summed E-state index contributed by atoms with van der Waals surface area (Å²) in [6.07, 6.45) is 0.360. The van der Waals surface area contributed by atoms with Crippen LogP contribution in [0.4, 0.5) is 5.69 Å². The van der Waals surface area contributed by atoms with Crippen molar-refractivity contribution >= 4 is 27.3 Å². The molecule has 0 fully saturated rings. The standard InChI is InChI=1S/C13H21ClN2O3S/c1-8(2)12(4-5-17)16-20(18,19)13-7-11(15)10(14)6-9(13)3/h6-8,12,16-17H,4-5,15H2,1-3H3. The Morgan fingerprint density at radius 3 is 2.50 bits per heavy atom. The zero-order chi connectivity index (χ0) is 15.5. The predicted octanol–water partition coefficient (Wildman–Crippen LogP) is 1.92.